The number of rotatable bonds is 10. The minimum Gasteiger partial charge on any atom is -0.480 e. The molecule has 0 heterocycles. The van der Waals surface area contributed by atoms with Gasteiger partial charge in [0.25, 0.3) is 0 Å². The van der Waals surface area contributed by atoms with Crippen molar-refractivity contribution in [3.8, 4) is 0 Å². The SMILES string of the molecule is N=C(N)NCCC[C@H](NC(c1ccccc1)(c1ccccc1)c1ccccc1)C(=O)O. The van der Waals surface area contributed by atoms with E-state index >= 15 is 0 Å². The molecule has 3 aromatic carbocycles. The molecule has 0 unspecified atom stereocenters. The largest absolute Gasteiger partial charge is 0.480 e. The van der Waals surface area contributed by atoms with Crippen LogP contribution < -0.4 is 16.4 Å². The number of hydrogen-bond acceptors (Lipinski definition) is 3. The lowest BCUT2D eigenvalue weighted by Crippen LogP contribution is -2.52. The van der Waals surface area contributed by atoms with Crippen molar-refractivity contribution in [3.05, 3.63) is 108 Å². The predicted molar refractivity (Wildman–Crippen MR) is 123 cm³/mol. The summed E-state index contributed by atoms with van der Waals surface area (Å²) < 4.78 is 0. The normalized spacial score (nSPS) is 12.1. The highest BCUT2D eigenvalue weighted by atomic mass is 16.4. The van der Waals surface area contributed by atoms with Crippen molar-refractivity contribution in [2.45, 2.75) is 24.4 Å². The van der Waals surface area contributed by atoms with Crippen molar-refractivity contribution in [3.63, 3.8) is 0 Å². The monoisotopic (exact) mass is 416 g/mol. The van der Waals surface area contributed by atoms with Crippen LogP contribution in [-0.2, 0) is 10.3 Å². The molecule has 0 fully saturated rings. The van der Waals surface area contributed by atoms with Crippen LogP contribution in [0.2, 0.25) is 0 Å². The van der Waals surface area contributed by atoms with Gasteiger partial charge in [-0.25, -0.2) is 0 Å². The molecule has 3 aromatic rings. The Morgan fingerprint density at radius 2 is 1.29 bits per heavy atom. The van der Waals surface area contributed by atoms with E-state index in [2.05, 4.69) is 10.6 Å². The smallest absolute Gasteiger partial charge is 0.320 e. The van der Waals surface area contributed by atoms with Crippen LogP contribution in [0.15, 0.2) is 91.0 Å². The average Bonchev–Trinajstić information content (AvgIpc) is 2.80. The lowest BCUT2D eigenvalue weighted by molar-refractivity contribution is -0.140. The molecule has 1 atom stereocenters. The molecular weight excluding hydrogens is 388 g/mol. The lowest BCUT2D eigenvalue weighted by atomic mass is 9.76. The van der Waals surface area contributed by atoms with Gasteiger partial charge >= 0.3 is 5.97 Å². The van der Waals surface area contributed by atoms with E-state index in [1.807, 2.05) is 91.0 Å². The van der Waals surface area contributed by atoms with Crippen LogP contribution in [0.3, 0.4) is 0 Å². The molecule has 0 aromatic heterocycles. The Bertz CT molecular complexity index is 882. The highest BCUT2D eigenvalue weighted by Gasteiger charge is 2.39. The summed E-state index contributed by atoms with van der Waals surface area (Å²) in [7, 11) is 0. The van der Waals surface area contributed by atoms with Gasteiger partial charge in [-0.3, -0.25) is 15.5 Å². The number of carbonyl (C=O) groups is 1. The van der Waals surface area contributed by atoms with Gasteiger partial charge in [0.2, 0.25) is 0 Å². The molecule has 6 nitrogen and oxygen atoms in total. The fourth-order valence-electron chi connectivity index (χ4n) is 3.86. The summed E-state index contributed by atoms with van der Waals surface area (Å²) in [5.74, 6) is -1.04. The van der Waals surface area contributed by atoms with E-state index in [1.165, 1.54) is 0 Å². The van der Waals surface area contributed by atoms with Crippen molar-refractivity contribution >= 4 is 11.9 Å². The molecule has 31 heavy (non-hydrogen) atoms. The van der Waals surface area contributed by atoms with Crippen molar-refractivity contribution in [2.75, 3.05) is 6.54 Å². The second-order valence-electron chi connectivity index (χ2n) is 7.37. The number of nitrogens with two attached hydrogens (primary N) is 1. The van der Waals surface area contributed by atoms with Crippen LogP contribution in [0.1, 0.15) is 29.5 Å². The van der Waals surface area contributed by atoms with Gasteiger partial charge in [0, 0.05) is 6.54 Å². The molecule has 0 spiro atoms. The van der Waals surface area contributed by atoms with Crippen LogP contribution in [0.4, 0.5) is 0 Å². The van der Waals surface area contributed by atoms with Crippen LogP contribution in [0.25, 0.3) is 0 Å². The lowest BCUT2D eigenvalue weighted by Gasteiger charge is -2.39. The quantitative estimate of drug-likeness (QED) is 0.151. The summed E-state index contributed by atoms with van der Waals surface area (Å²) in [6, 6.07) is 28.9. The standard InChI is InChI=1S/C25H28N4O2/c26-24(27)28-18-10-17-22(23(30)31)29-25(19-11-4-1-5-12-19,20-13-6-2-7-14-20)21-15-8-3-9-16-21/h1-9,11-16,22,29H,10,17-18H2,(H,30,31)(H4,26,27,28)/t22-/m0/s1. The number of aliphatic carboxylic acids is 1. The maximum Gasteiger partial charge on any atom is 0.320 e. The first-order valence-electron chi connectivity index (χ1n) is 10.3. The van der Waals surface area contributed by atoms with Crippen LogP contribution >= 0.6 is 0 Å². The van der Waals surface area contributed by atoms with E-state index in [1.54, 1.807) is 0 Å². The highest BCUT2D eigenvalue weighted by molar-refractivity contribution is 5.75. The van der Waals surface area contributed by atoms with Crippen LogP contribution in [0, 0.1) is 5.41 Å². The third kappa shape index (κ3) is 5.29. The molecule has 0 saturated carbocycles. The first-order valence-corrected chi connectivity index (χ1v) is 10.3. The van der Waals surface area contributed by atoms with E-state index < -0.39 is 17.6 Å². The van der Waals surface area contributed by atoms with Gasteiger partial charge in [0.1, 0.15) is 6.04 Å². The maximum absolute atomic E-state index is 12.2. The molecule has 0 bridgehead atoms. The van der Waals surface area contributed by atoms with E-state index in [-0.39, 0.29) is 5.96 Å². The Balaban J connectivity index is 2.08. The Hall–Kier alpha value is -3.64. The minimum absolute atomic E-state index is 0.118. The molecule has 0 aliphatic carbocycles. The number of carboxylic acids is 1. The first-order chi connectivity index (χ1) is 15.0. The Morgan fingerprint density at radius 1 is 0.871 bits per heavy atom. The van der Waals surface area contributed by atoms with E-state index in [0.29, 0.717) is 19.4 Å². The Morgan fingerprint density at radius 3 is 1.65 bits per heavy atom. The molecular formula is C25H28N4O2. The molecule has 0 amide bonds. The zero-order valence-electron chi connectivity index (χ0n) is 17.3. The van der Waals surface area contributed by atoms with E-state index in [4.69, 9.17) is 11.1 Å². The van der Waals surface area contributed by atoms with Crippen molar-refractivity contribution in [2.24, 2.45) is 5.73 Å². The molecule has 0 saturated heterocycles. The number of hydrogen-bond donors (Lipinski definition) is 5. The highest BCUT2D eigenvalue weighted by Crippen LogP contribution is 2.37. The maximum atomic E-state index is 12.2. The zero-order chi connectivity index (χ0) is 22.1. The van der Waals surface area contributed by atoms with Gasteiger partial charge in [-0.2, -0.15) is 0 Å². The number of benzene rings is 3. The molecule has 0 aliphatic rings. The second-order valence-corrected chi connectivity index (χ2v) is 7.37. The van der Waals surface area contributed by atoms with Crippen molar-refractivity contribution in [1.29, 1.82) is 5.41 Å². The fourth-order valence-corrected chi connectivity index (χ4v) is 3.86. The Kier molecular flexibility index (Phi) is 7.40. The van der Waals surface area contributed by atoms with Crippen LogP contribution in [-0.4, -0.2) is 29.6 Å². The summed E-state index contributed by atoms with van der Waals surface area (Å²) in [6.07, 6.45) is 0.932. The van der Waals surface area contributed by atoms with Gasteiger partial charge in [-0.15, -0.1) is 0 Å². The average molecular weight is 417 g/mol. The predicted octanol–water partition coefficient (Wildman–Crippen LogP) is 3.28. The fraction of sp³-hybridized carbons (Fsp3) is 0.200. The summed E-state index contributed by atoms with van der Waals surface area (Å²) in [4.78, 5) is 12.2. The molecule has 3 rings (SSSR count). The van der Waals surface area contributed by atoms with Gasteiger partial charge in [0.15, 0.2) is 5.96 Å². The van der Waals surface area contributed by atoms with Crippen LogP contribution in [0.5, 0.6) is 0 Å². The summed E-state index contributed by atoms with van der Waals surface area (Å²) in [5.41, 5.74) is 7.37. The topological polar surface area (TPSA) is 111 Å². The Labute approximate surface area is 182 Å². The molecule has 0 aliphatic heterocycles. The minimum atomic E-state index is -0.921. The number of carboxylic acid groups (broad SMARTS) is 1. The molecule has 6 N–H and O–H groups in total. The van der Waals surface area contributed by atoms with Gasteiger partial charge < -0.3 is 16.2 Å². The van der Waals surface area contributed by atoms with Gasteiger partial charge in [-0.05, 0) is 29.5 Å². The summed E-state index contributed by atoms with van der Waals surface area (Å²) in [5, 5.41) is 23.5. The van der Waals surface area contributed by atoms with Crippen molar-refractivity contribution in [1.82, 2.24) is 10.6 Å². The van der Waals surface area contributed by atoms with E-state index in [0.717, 1.165) is 16.7 Å². The third-order valence-corrected chi connectivity index (χ3v) is 5.29. The zero-order valence-corrected chi connectivity index (χ0v) is 17.3. The molecule has 6 heteroatoms. The van der Waals surface area contributed by atoms with Crippen molar-refractivity contribution < 1.29 is 9.90 Å². The molecule has 160 valence electrons. The van der Waals surface area contributed by atoms with Gasteiger partial charge in [0.05, 0.1) is 5.54 Å². The third-order valence-electron chi connectivity index (χ3n) is 5.29. The summed E-state index contributed by atoms with van der Waals surface area (Å²) in [6.45, 7) is 0.440. The summed E-state index contributed by atoms with van der Waals surface area (Å²) >= 11 is 0. The second kappa shape index (κ2) is 10.4. The first kappa shape index (κ1) is 22.1. The molecule has 0 radical (unpaired) electrons. The number of guanidine groups is 1. The van der Waals surface area contributed by atoms with E-state index in [9.17, 15) is 9.90 Å². The van der Waals surface area contributed by atoms with Gasteiger partial charge in [-0.1, -0.05) is 91.0 Å². The number of nitrogens with one attached hydrogen (secondary N) is 3.